The highest BCUT2D eigenvalue weighted by Gasteiger charge is 2.34. The Morgan fingerprint density at radius 3 is 2.38 bits per heavy atom. The summed E-state index contributed by atoms with van der Waals surface area (Å²) in [6.45, 7) is 0. The van der Waals surface area contributed by atoms with Crippen LogP contribution in [-0.4, -0.2) is 9.55 Å². The van der Waals surface area contributed by atoms with Crippen molar-refractivity contribution in [3.63, 3.8) is 0 Å². The van der Waals surface area contributed by atoms with Crippen LogP contribution in [0.1, 0.15) is 24.8 Å². The summed E-state index contributed by atoms with van der Waals surface area (Å²) in [7, 11) is 0. The number of hydrogen-bond donors (Lipinski definition) is 1. The molecule has 1 saturated carbocycles. The minimum Gasteiger partial charge on any atom is -0.321 e. The maximum absolute atomic E-state index is 6.49. The van der Waals surface area contributed by atoms with Crippen molar-refractivity contribution in [2.45, 2.75) is 24.8 Å². The van der Waals surface area contributed by atoms with Gasteiger partial charge in [-0.3, -0.25) is 4.98 Å². The van der Waals surface area contributed by atoms with Gasteiger partial charge in [0.05, 0.1) is 11.2 Å². The third kappa shape index (κ3) is 2.36. The quantitative estimate of drug-likeness (QED) is 0.569. The van der Waals surface area contributed by atoms with Gasteiger partial charge in [0.15, 0.2) is 0 Å². The molecular formula is C23H21N3. The van der Waals surface area contributed by atoms with Crippen molar-refractivity contribution in [3.8, 4) is 16.9 Å². The molecule has 5 rings (SSSR count). The fourth-order valence-corrected chi connectivity index (χ4v) is 3.94. The molecule has 26 heavy (non-hydrogen) atoms. The molecule has 0 unspecified atom stereocenters. The van der Waals surface area contributed by atoms with Crippen LogP contribution in [0.15, 0.2) is 79.1 Å². The lowest BCUT2D eigenvalue weighted by Crippen LogP contribution is -2.43. The van der Waals surface area contributed by atoms with Gasteiger partial charge in [0.2, 0.25) is 0 Å². The Morgan fingerprint density at radius 1 is 0.923 bits per heavy atom. The summed E-state index contributed by atoms with van der Waals surface area (Å²) in [6.07, 6.45) is 7.17. The topological polar surface area (TPSA) is 43.8 Å². The van der Waals surface area contributed by atoms with Crippen molar-refractivity contribution >= 4 is 10.9 Å². The lowest BCUT2D eigenvalue weighted by Gasteiger charge is -2.38. The second-order valence-corrected chi connectivity index (χ2v) is 7.22. The first-order valence-electron chi connectivity index (χ1n) is 9.15. The second kappa shape index (κ2) is 5.82. The number of rotatable bonds is 3. The van der Waals surface area contributed by atoms with Crippen LogP contribution >= 0.6 is 0 Å². The Kier molecular flexibility index (Phi) is 3.44. The number of nitrogens with two attached hydrogens (primary N) is 1. The van der Waals surface area contributed by atoms with Crippen molar-refractivity contribution in [3.05, 3.63) is 84.7 Å². The first-order chi connectivity index (χ1) is 12.7. The average molecular weight is 339 g/mol. The van der Waals surface area contributed by atoms with Gasteiger partial charge in [-0.15, -0.1) is 0 Å². The number of hydrogen-bond acceptors (Lipinski definition) is 2. The Morgan fingerprint density at radius 2 is 1.69 bits per heavy atom. The van der Waals surface area contributed by atoms with E-state index in [0.717, 1.165) is 29.4 Å². The van der Waals surface area contributed by atoms with Gasteiger partial charge >= 0.3 is 0 Å². The van der Waals surface area contributed by atoms with Gasteiger partial charge in [-0.25, -0.2) is 0 Å². The zero-order valence-electron chi connectivity index (χ0n) is 14.6. The molecule has 0 saturated heterocycles. The molecule has 0 aliphatic heterocycles. The Hall–Kier alpha value is -2.91. The van der Waals surface area contributed by atoms with E-state index in [-0.39, 0.29) is 5.54 Å². The summed E-state index contributed by atoms with van der Waals surface area (Å²) < 4.78 is 2.31. The third-order valence-electron chi connectivity index (χ3n) is 5.62. The van der Waals surface area contributed by atoms with Gasteiger partial charge in [0.1, 0.15) is 0 Å². The molecule has 4 aromatic rings. The average Bonchev–Trinajstić information content (AvgIpc) is 3.06. The maximum atomic E-state index is 6.49. The first kappa shape index (κ1) is 15.4. The van der Waals surface area contributed by atoms with E-state index in [1.165, 1.54) is 23.2 Å². The van der Waals surface area contributed by atoms with Crippen molar-refractivity contribution in [2.75, 3.05) is 0 Å². The Bertz CT molecular complexity index is 1060. The van der Waals surface area contributed by atoms with E-state index in [1.54, 1.807) is 0 Å². The highest BCUT2D eigenvalue weighted by molar-refractivity contribution is 5.88. The largest absolute Gasteiger partial charge is 0.321 e. The van der Waals surface area contributed by atoms with Gasteiger partial charge in [0.25, 0.3) is 0 Å². The zero-order chi connectivity index (χ0) is 17.6. The molecule has 1 aliphatic rings. The van der Waals surface area contributed by atoms with Crippen molar-refractivity contribution in [1.82, 2.24) is 9.55 Å². The molecule has 2 aromatic heterocycles. The molecule has 2 N–H and O–H groups in total. The molecule has 0 amide bonds. The van der Waals surface area contributed by atoms with Crippen LogP contribution in [0.25, 0.3) is 27.8 Å². The molecule has 0 radical (unpaired) electrons. The van der Waals surface area contributed by atoms with E-state index in [9.17, 15) is 0 Å². The summed E-state index contributed by atoms with van der Waals surface area (Å²) in [5, 5.41) is 1.14. The minimum absolute atomic E-state index is 0.122. The summed E-state index contributed by atoms with van der Waals surface area (Å²) in [4.78, 5) is 4.29. The van der Waals surface area contributed by atoms with Gasteiger partial charge in [-0.1, -0.05) is 42.5 Å². The lowest BCUT2D eigenvalue weighted by molar-refractivity contribution is 0.253. The van der Waals surface area contributed by atoms with Crippen LogP contribution in [0.4, 0.5) is 0 Å². The molecule has 1 fully saturated rings. The fourth-order valence-electron chi connectivity index (χ4n) is 3.94. The summed E-state index contributed by atoms with van der Waals surface area (Å²) >= 11 is 0. The predicted octanol–water partition coefficient (Wildman–Crippen LogP) is 5.03. The standard InChI is InChI=1S/C23H21N3/c24-23(12-4-13-23)19-7-9-20(10-8-19)26-21-11-14-25-16-18(21)15-22(26)17-5-2-1-3-6-17/h1-3,5-11,14-16H,4,12-13,24H2. The van der Waals surface area contributed by atoms with E-state index < -0.39 is 0 Å². The van der Waals surface area contributed by atoms with Crippen molar-refractivity contribution in [1.29, 1.82) is 0 Å². The SMILES string of the molecule is NC1(c2ccc(-n3c(-c4ccccc4)cc4cnccc43)cc2)CCC1. The highest BCUT2D eigenvalue weighted by atomic mass is 15.0. The fraction of sp³-hybridized carbons (Fsp3) is 0.174. The Balaban J connectivity index is 1.68. The number of aromatic nitrogens is 2. The lowest BCUT2D eigenvalue weighted by atomic mass is 9.73. The van der Waals surface area contributed by atoms with Gasteiger partial charge in [-0.05, 0) is 54.7 Å². The van der Waals surface area contributed by atoms with Gasteiger partial charge in [0, 0.05) is 29.0 Å². The molecule has 128 valence electrons. The molecule has 2 heterocycles. The van der Waals surface area contributed by atoms with E-state index in [0.29, 0.717) is 0 Å². The normalized spacial score (nSPS) is 15.7. The highest BCUT2D eigenvalue weighted by Crippen LogP contribution is 2.39. The second-order valence-electron chi connectivity index (χ2n) is 7.22. The number of nitrogens with zero attached hydrogens (tertiary/aromatic N) is 2. The van der Waals surface area contributed by atoms with Crippen LogP contribution in [0.5, 0.6) is 0 Å². The van der Waals surface area contributed by atoms with Gasteiger partial charge in [-0.2, -0.15) is 0 Å². The van der Waals surface area contributed by atoms with E-state index in [2.05, 4.69) is 70.2 Å². The van der Waals surface area contributed by atoms with Crippen molar-refractivity contribution < 1.29 is 0 Å². The number of fused-ring (bicyclic) bond motifs is 1. The molecule has 3 nitrogen and oxygen atoms in total. The molecule has 1 aliphatic carbocycles. The summed E-state index contributed by atoms with van der Waals surface area (Å²) in [5.41, 5.74) is 12.3. The summed E-state index contributed by atoms with van der Waals surface area (Å²) in [5.74, 6) is 0. The van der Waals surface area contributed by atoms with E-state index >= 15 is 0 Å². The molecule has 0 atom stereocenters. The molecule has 0 spiro atoms. The summed E-state index contributed by atoms with van der Waals surface area (Å²) in [6, 6.07) is 23.5. The van der Waals surface area contributed by atoms with E-state index in [1.807, 2.05) is 18.5 Å². The number of benzene rings is 2. The van der Waals surface area contributed by atoms with Gasteiger partial charge < -0.3 is 10.3 Å². The molecule has 0 bridgehead atoms. The zero-order valence-corrected chi connectivity index (χ0v) is 14.6. The van der Waals surface area contributed by atoms with Crippen LogP contribution in [0.3, 0.4) is 0 Å². The maximum Gasteiger partial charge on any atom is 0.0565 e. The number of pyridine rings is 1. The van der Waals surface area contributed by atoms with Crippen LogP contribution in [0, 0.1) is 0 Å². The van der Waals surface area contributed by atoms with Crippen LogP contribution in [-0.2, 0) is 5.54 Å². The third-order valence-corrected chi connectivity index (χ3v) is 5.62. The predicted molar refractivity (Wildman–Crippen MR) is 106 cm³/mol. The smallest absolute Gasteiger partial charge is 0.0565 e. The molecule has 2 aromatic carbocycles. The molecular weight excluding hydrogens is 318 g/mol. The van der Waals surface area contributed by atoms with Crippen LogP contribution in [0.2, 0.25) is 0 Å². The monoisotopic (exact) mass is 339 g/mol. The molecule has 3 heteroatoms. The Labute approximate surface area is 153 Å². The van der Waals surface area contributed by atoms with E-state index in [4.69, 9.17) is 5.73 Å². The minimum atomic E-state index is -0.122. The first-order valence-corrected chi connectivity index (χ1v) is 9.15. The van der Waals surface area contributed by atoms with Crippen LogP contribution < -0.4 is 5.73 Å². The van der Waals surface area contributed by atoms with Crippen molar-refractivity contribution in [2.24, 2.45) is 5.73 Å².